The maximum absolute atomic E-state index is 12.9. The number of piperidine rings is 1. The SMILES string of the molecule is CNCC1CCN(C(=O)CC(Cc2ccccc2)c2ccccc2)CC1.Cl. The lowest BCUT2D eigenvalue weighted by atomic mass is 9.88. The van der Waals surface area contributed by atoms with E-state index in [1.54, 1.807) is 0 Å². The van der Waals surface area contributed by atoms with Crippen molar-refractivity contribution in [1.29, 1.82) is 0 Å². The summed E-state index contributed by atoms with van der Waals surface area (Å²) in [4.78, 5) is 15.0. The van der Waals surface area contributed by atoms with Gasteiger partial charge in [0.15, 0.2) is 0 Å². The Labute approximate surface area is 169 Å². The molecule has 1 N–H and O–H groups in total. The number of nitrogens with one attached hydrogen (secondary N) is 1. The Morgan fingerprint density at radius 3 is 2.22 bits per heavy atom. The number of hydrogen-bond donors (Lipinski definition) is 1. The van der Waals surface area contributed by atoms with E-state index in [0.29, 0.717) is 18.2 Å². The summed E-state index contributed by atoms with van der Waals surface area (Å²) in [7, 11) is 2.01. The van der Waals surface area contributed by atoms with Crippen LogP contribution in [0, 0.1) is 5.92 Å². The highest BCUT2D eigenvalue weighted by Gasteiger charge is 2.25. The van der Waals surface area contributed by atoms with Gasteiger partial charge in [0.1, 0.15) is 0 Å². The minimum atomic E-state index is 0. The van der Waals surface area contributed by atoms with E-state index in [1.165, 1.54) is 11.1 Å². The van der Waals surface area contributed by atoms with E-state index < -0.39 is 0 Å². The molecule has 27 heavy (non-hydrogen) atoms. The first-order valence-electron chi connectivity index (χ1n) is 9.77. The smallest absolute Gasteiger partial charge is 0.223 e. The first kappa shape index (κ1) is 21.5. The molecule has 1 fully saturated rings. The molecule has 2 aromatic rings. The van der Waals surface area contributed by atoms with Crippen molar-refractivity contribution >= 4 is 18.3 Å². The van der Waals surface area contributed by atoms with Crippen LogP contribution in [-0.4, -0.2) is 37.5 Å². The van der Waals surface area contributed by atoms with E-state index in [4.69, 9.17) is 0 Å². The van der Waals surface area contributed by atoms with E-state index in [-0.39, 0.29) is 18.3 Å². The summed E-state index contributed by atoms with van der Waals surface area (Å²) >= 11 is 0. The molecule has 0 aliphatic carbocycles. The summed E-state index contributed by atoms with van der Waals surface area (Å²) in [5.74, 6) is 1.25. The zero-order chi connectivity index (χ0) is 18.2. The summed E-state index contributed by atoms with van der Waals surface area (Å²) in [5, 5.41) is 3.26. The predicted molar refractivity (Wildman–Crippen MR) is 114 cm³/mol. The van der Waals surface area contributed by atoms with Gasteiger partial charge in [-0.25, -0.2) is 0 Å². The summed E-state index contributed by atoms with van der Waals surface area (Å²) in [5.41, 5.74) is 2.55. The maximum atomic E-state index is 12.9. The fourth-order valence-corrected chi connectivity index (χ4v) is 3.95. The van der Waals surface area contributed by atoms with Gasteiger partial charge >= 0.3 is 0 Å². The summed E-state index contributed by atoms with van der Waals surface area (Å²) in [6, 6.07) is 21.0. The standard InChI is InChI=1S/C23H30N2O.ClH/c1-24-18-20-12-14-25(15-13-20)23(26)17-22(21-10-6-3-7-11-21)16-19-8-4-2-5-9-19;/h2-11,20,22,24H,12-18H2,1H3;1H. The van der Waals surface area contributed by atoms with Crippen LogP contribution < -0.4 is 5.32 Å². The summed E-state index contributed by atoms with van der Waals surface area (Å²) < 4.78 is 0. The van der Waals surface area contributed by atoms with Gasteiger partial charge in [-0.1, -0.05) is 60.7 Å². The molecular weight excluding hydrogens is 356 g/mol. The van der Waals surface area contributed by atoms with Crippen LogP contribution in [0.5, 0.6) is 0 Å². The first-order valence-corrected chi connectivity index (χ1v) is 9.77. The second-order valence-electron chi connectivity index (χ2n) is 7.38. The van der Waals surface area contributed by atoms with Crippen LogP contribution in [0.1, 0.15) is 36.3 Å². The van der Waals surface area contributed by atoms with E-state index >= 15 is 0 Å². The van der Waals surface area contributed by atoms with Crippen molar-refractivity contribution < 1.29 is 4.79 Å². The molecule has 0 aromatic heterocycles. The zero-order valence-corrected chi connectivity index (χ0v) is 17.0. The molecule has 1 aliphatic heterocycles. The number of hydrogen-bond acceptors (Lipinski definition) is 2. The average molecular weight is 387 g/mol. The van der Waals surface area contributed by atoms with Gasteiger partial charge in [0.25, 0.3) is 0 Å². The molecule has 0 bridgehead atoms. The molecule has 4 heteroatoms. The lowest BCUT2D eigenvalue weighted by molar-refractivity contribution is -0.133. The zero-order valence-electron chi connectivity index (χ0n) is 16.1. The van der Waals surface area contributed by atoms with Crippen LogP contribution >= 0.6 is 12.4 Å². The van der Waals surface area contributed by atoms with Crippen LogP contribution in [0.25, 0.3) is 0 Å². The topological polar surface area (TPSA) is 32.3 Å². The van der Waals surface area contributed by atoms with Crippen molar-refractivity contribution in [1.82, 2.24) is 10.2 Å². The van der Waals surface area contributed by atoms with Crippen LogP contribution in [-0.2, 0) is 11.2 Å². The van der Waals surface area contributed by atoms with E-state index in [2.05, 4.69) is 58.7 Å². The lowest BCUT2D eigenvalue weighted by Gasteiger charge is -2.33. The van der Waals surface area contributed by atoms with Crippen molar-refractivity contribution in [2.75, 3.05) is 26.7 Å². The van der Waals surface area contributed by atoms with Crippen molar-refractivity contribution in [2.24, 2.45) is 5.92 Å². The van der Waals surface area contributed by atoms with Crippen molar-refractivity contribution in [3.05, 3.63) is 71.8 Å². The van der Waals surface area contributed by atoms with E-state index in [1.807, 2.05) is 19.2 Å². The Bertz CT molecular complexity index is 669. The number of rotatable bonds is 7. The number of amides is 1. The third-order valence-corrected chi connectivity index (χ3v) is 5.48. The second kappa shape index (κ2) is 11.1. The number of nitrogens with zero attached hydrogens (tertiary/aromatic N) is 1. The largest absolute Gasteiger partial charge is 0.343 e. The number of benzene rings is 2. The monoisotopic (exact) mass is 386 g/mol. The predicted octanol–water partition coefficient (Wildman–Crippen LogP) is 4.28. The highest BCUT2D eigenvalue weighted by molar-refractivity contribution is 5.85. The Kier molecular flexibility index (Phi) is 8.83. The van der Waals surface area contributed by atoms with Gasteiger partial charge < -0.3 is 10.2 Å². The Morgan fingerprint density at radius 2 is 1.63 bits per heavy atom. The Hall–Kier alpha value is -1.84. The molecule has 1 heterocycles. The van der Waals surface area contributed by atoms with Crippen LogP contribution in [0.3, 0.4) is 0 Å². The lowest BCUT2D eigenvalue weighted by Crippen LogP contribution is -2.41. The fourth-order valence-electron chi connectivity index (χ4n) is 3.95. The van der Waals surface area contributed by atoms with E-state index in [0.717, 1.165) is 38.9 Å². The molecule has 0 spiro atoms. The van der Waals surface area contributed by atoms with Crippen LogP contribution in [0.4, 0.5) is 0 Å². The fraction of sp³-hybridized carbons (Fsp3) is 0.435. The maximum Gasteiger partial charge on any atom is 0.223 e. The molecule has 1 saturated heterocycles. The van der Waals surface area contributed by atoms with Gasteiger partial charge in [-0.3, -0.25) is 4.79 Å². The molecule has 3 rings (SSSR count). The minimum Gasteiger partial charge on any atom is -0.343 e. The van der Waals surface area contributed by atoms with Gasteiger partial charge in [0.05, 0.1) is 0 Å². The van der Waals surface area contributed by atoms with Gasteiger partial charge in [0.2, 0.25) is 5.91 Å². The highest BCUT2D eigenvalue weighted by atomic mass is 35.5. The number of halogens is 1. The number of likely N-dealkylation sites (tertiary alicyclic amines) is 1. The molecule has 1 unspecified atom stereocenters. The molecule has 2 aromatic carbocycles. The molecule has 1 atom stereocenters. The molecule has 146 valence electrons. The van der Waals surface area contributed by atoms with Crippen LogP contribution in [0.2, 0.25) is 0 Å². The molecule has 0 saturated carbocycles. The van der Waals surface area contributed by atoms with Crippen molar-refractivity contribution in [2.45, 2.75) is 31.6 Å². The highest BCUT2D eigenvalue weighted by Crippen LogP contribution is 2.26. The minimum absolute atomic E-state index is 0. The molecule has 0 radical (unpaired) electrons. The normalized spacial score (nSPS) is 15.8. The summed E-state index contributed by atoms with van der Waals surface area (Å²) in [6.45, 7) is 2.86. The number of carbonyl (C=O) groups excluding carboxylic acids is 1. The van der Waals surface area contributed by atoms with Crippen LogP contribution in [0.15, 0.2) is 60.7 Å². The van der Waals surface area contributed by atoms with Gasteiger partial charge in [-0.15, -0.1) is 12.4 Å². The summed E-state index contributed by atoms with van der Waals surface area (Å²) in [6.07, 6.45) is 3.73. The second-order valence-corrected chi connectivity index (χ2v) is 7.38. The van der Waals surface area contributed by atoms with E-state index in [9.17, 15) is 4.79 Å². The van der Waals surface area contributed by atoms with Crippen molar-refractivity contribution in [3.8, 4) is 0 Å². The Balaban J connectivity index is 0.00000261. The molecule has 3 nitrogen and oxygen atoms in total. The quantitative estimate of drug-likeness (QED) is 0.770. The van der Waals surface area contributed by atoms with Gasteiger partial charge in [-0.05, 0) is 55.8 Å². The molecular formula is C23H31ClN2O. The average Bonchev–Trinajstić information content (AvgIpc) is 2.70. The Morgan fingerprint density at radius 1 is 1.04 bits per heavy atom. The molecule has 1 aliphatic rings. The number of carbonyl (C=O) groups is 1. The first-order chi connectivity index (χ1) is 12.8. The van der Waals surface area contributed by atoms with Gasteiger partial charge in [0, 0.05) is 19.5 Å². The third-order valence-electron chi connectivity index (χ3n) is 5.48. The van der Waals surface area contributed by atoms with Gasteiger partial charge in [-0.2, -0.15) is 0 Å². The third kappa shape index (κ3) is 6.37. The molecule has 1 amide bonds. The van der Waals surface area contributed by atoms with Crippen molar-refractivity contribution in [3.63, 3.8) is 0 Å².